The van der Waals surface area contributed by atoms with E-state index >= 15 is 0 Å². The molecule has 1 aromatic carbocycles. The first-order valence-electron chi connectivity index (χ1n) is 9.68. The second kappa shape index (κ2) is 8.16. The van der Waals surface area contributed by atoms with Crippen molar-refractivity contribution in [2.45, 2.75) is 44.6 Å². The van der Waals surface area contributed by atoms with E-state index in [0.717, 1.165) is 29.8 Å². The van der Waals surface area contributed by atoms with E-state index in [9.17, 15) is 4.79 Å². The monoisotopic (exact) mass is 360 g/mol. The van der Waals surface area contributed by atoms with Crippen LogP contribution in [0, 0.1) is 0 Å². The van der Waals surface area contributed by atoms with Gasteiger partial charge >= 0.3 is 0 Å². The molecule has 0 aliphatic heterocycles. The molecule has 1 aliphatic rings. The summed E-state index contributed by atoms with van der Waals surface area (Å²) in [6, 6.07) is 15.9. The molecule has 2 heterocycles. The number of nitrogens with one attached hydrogen (secondary N) is 1. The van der Waals surface area contributed by atoms with Gasteiger partial charge in [0.1, 0.15) is 0 Å². The number of hydrogen-bond donors (Lipinski definition) is 1. The van der Waals surface area contributed by atoms with E-state index in [-0.39, 0.29) is 11.9 Å². The fourth-order valence-electron chi connectivity index (χ4n) is 3.67. The average molecular weight is 360 g/mol. The summed E-state index contributed by atoms with van der Waals surface area (Å²) in [5, 5.41) is 7.82. The van der Waals surface area contributed by atoms with Crippen molar-refractivity contribution >= 4 is 5.91 Å². The molecule has 0 unspecified atom stereocenters. The van der Waals surface area contributed by atoms with Crippen molar-refractivity contribution in [3.05, 3.63) is 66.6 Å². The third kappa shape index (κ3) is 4.08. The van der Waals surface area contributed by atoms with Gasteiger partial charge < -0.3 is 5.32 Å². The number of rotatable bonds is 4. The molecule has 4 rings (SSSR count). The maximum Gasteiger partial charge on any atom is 0.272 e. The van der Waals surface area contributed by atoms with E-state index in [1.54, 1.807) is 12.4 Å². The molecule has 0 atom stereocenters. The van der Waals surface area contributed by atoms with Gasteiger partial charge in [0.2, 0.25) is 0 Å². The summed E-state index contributed by atoms with van der Waals surface area (Å²) in [6.45, 7) is 0. The Balaban J connectivity index is 1.65. The lowest BCUT2D eigenvalue weighted by Crippen LogP contribution is -2.34. The molecule has 5 heteroatoms. The fraction of sp³-hybridized carbons (Fsp3) is 0.318. The van der Waals surface area contributed by atoms with Crippen molar-refractivity contribution < 1.29 is 4.79 Å². The van der Waals surface area contributed by atoms with Gasteiger partial charge in [-0.25, -0.2) is 4.68 Å². The third-order valence-electron chi connectivity index (χ3n) is 5.11. The Morgan fingerprint density at radius 1 is 0.963 bits per heavy atom. The number of carbonyl (C=O) groups excluding carboxylic acids is 1. The van der Waals surface area contributed by atoms with Gasteiger partial charge in [-0.3, -0.25) is 9.78 Å². The standard InChI is InChI=1S/C22H24N4O/c27-22(24-18-8-4-1-2-5-9-18)20-16-21(17-12-14-23-15-13-17)26(25-20)19-10-6-3-7-11-19/h3,6-7,10-16,18H,1-2,4-5,8-9H2,(H,24,27). The van der Waals surface area contributed by atoms with Crippen LogP contribution in [0.25, 0.3) is 16.9 Å². The summed E-state index contributed by atoms with van der Waals surface area (Å²) in [4.78, 5) is 16.9. The van der Waals surface area contributed by atoms with E-state index in [1.165, 1.54) is 25.7 Å². The number of hydrogen-bond acceptors (Lipinski definition) is 3. The van der Waals surface area contributed by atoms with Crippen LogP contribution in [0.5, 0.6) is 0 Å². The Morgan fingerprint density at radius 2 is 1.67 bits per heavy atom. The second-order valence-corrected chi connectivity index (χ2v) is 7.06. The van der Waals surface area contributed by atoms with Crippen molar-refractivity contribution in [3.63, 3.8) is 0 Å². The zero-order valence-electron chi connectivity index (χ0n) is 15.3. The smallest absolute Gasteiger partial charge is 0.272 e. The summed E-state index contributed by atoms with van der Waals surface area (Å²) in [6.07, 6.45) is 10.5. The molecule has 27 heavy (non-hydrogen) atoms. The van der Waals surface area contributed by atoms with Crippen LogP contribution in [0.3, 0.4) is 0 Å². The van der Waals surface area contributed by atoms with Crippen LogP contribution in [0.1, 0.15) is 49.0 Å². The van der Waals surface area contributed by atoms with Gasteiger partial charge in [0.05, 0.1) is 11.4 Å². The summed E-state index contributed by atoms with van der Waals surface area (Å²) >= 11 is 0. The third-order valence-corrected chi connectivity index (χ3v) is 5.11. The molecule has 1 saturated carbocycles. The molecule has 0 saturated heterocycles. The van der Waals surface area contributed by atoms with Crippen LogP contribution < -0.4 is 5.32 Å². The van der Waals surface area contributed by atoms with Crippen LogP contribution >= 0.6 is 0 Å². The van der Waals surface area contributed by atoms with Gasteiger partial charge in [0.25, 0.3) is 5.91 Å². The zero-order valence-corrected chi connectivity index (χ0v) is 15.3. The molecule has 1 fully saturated rings. The first-order chi connectivity index (χ1) is 13.3. The number of nitrogens with zero attached hydrogens (tertiary/aromatic N) is 3. The summed E-state index contributed by atoms with van der Waals surface area (Å²) in [7, 11) is 0. The van der Waals surface area contributed by atoms with Gasteiger partial charge in [-0.15, -0.1) is 0 Å². The van der Waals surface area contributed by atoms with Gasteiger partial charge in [0, 0.05) is 24.0 Å². The lowest BCUT2D eigenvalue weighted by Gasteiger charge is -2.15. The van der Waals surface area contributed by atoms with Crippen molar-refractivity contribution in [2.24, 2.45) is 0 Å². The van der Waals surface area contributed by atoms with E-state index in [1.807, 2.05) is 53.2 Å². The Hall–Kier alpha value is -2.95. The summed E-state index contributed by atoms with van der Waals surface area (Å²) < 4.78 is 1.83. The van der Waals surface area contributed by atoms with Crippen molar-refractivity contribution in [1.82, 2.24) is 20.1 Å². The van der Waals surface area contributed by atoms with Crippen molar-refractivity contribution in [2.75, 3.05) is 0 Å². The minimum absolute atomic E-state index is 0.0908. The molecule has 0 spiro atoms. The maximum atomic E-state index is 12.9. The maximum absolute atomic E-state index is 12.9. The Labute approximate surface area is 159 Å². The molecule has 2 aromatic heterocycles. The van der Waals surface area contributed by atoms with Crippen molar-refractivity contribution in [1.29, 1.82) is 0 Å². The molecular formula is C22H24N4O. The van der Waals surface area contributed by atoms with Crippen molar-refractivity contribution in [3.8, 4) is 16.9 Å². The van der Waals surface area contributed by atoms with Gasteiger partial charge in [-0.2, -0.15) is 5.10 Å². The first kappa shape index (κ1) is 17.5. The number of para-hydroxylation sites is 1. The van der Waals surface area contributed by atoms with Crippen LogP contribution in [-0.2, 0) is 0 Å². The summed E-state index contributed by atoms with van der Waals surface area (Å²) in [5.41, 5.74) is 3.25. The van der Waals surface area contributed by atoms with Crippen LogP contribution in [0.2, 0.25) is 0 Å². The van der Waals surface area contributed by atoms with Crippen LogP contribution in [0.4, 0.5) is 0 Å². The molecule has 1 amide bonds. The highest BCUT2D eigenvalue weighted by molar-refractivity contribution is 5.93. The number of benzene rings is 1. The molecule has 1 aliphatic carbocycles. The lowest BCUT2D eigenvalue weighted by atomic mass is 10.1. The average Bonchev–Trinajstić information content (AvgIpc) is 3.02. The largest absolute Gasteiger partial charge is 0.348 e. The fourth-order valence-corrected chi connectivity index (χ4v) is 3.67. The zero-order chi connectivity index (χ0) is 18.5. The number of pyridine rings is 1. The molecule has 5 nitrogen and oxygen atoms in total. The molecule has 138 valence electrons. The normalized spacial score (nSPS) is 15.3. The number of aromatic nitrogens is 3. The van der Waals surface area contributed by atoms with Gasteiger partial charge in [0.15, 0.2) is 5.69 Å². The highest BCUT2D eigenvalue weighted by Gasteiger charge is 2.20. The predicted octanol–water partition coefficient (Wildman–Crippen LogP) is 4.39. The highest BCUT2D eigenvalue weighted by Crippen LogP contribution is 2.24. The molecule has 0 bridgehead atoms. The van der Waals surface area contributed by atoms with E-state index in [2.05, 4.69) is 15.4 Å². The highest BCUT2D eigenvalue weighted by atomic mass is 16.2. The Kier molecular flexibility index (Phi) is 5.28. The molecule has 0 radical (unpaired) electrons. The van der Waals surface area contributed by atoms with Gasteiger partial charge in [-0.1, -0.05) is 43.9 Å². The van der Waals surface area contributed by atoms with E-state index in [4.69, 9.17) is 0 Å². The number of carbonyl (C=O) groups is 1. The SMILES string of the molecule is O=C(NC1CCCCCC1)c1cc(-c2ccncc2)n(-c2ccccc2)n1. The predicted molar refractivity (Wildman–Crippen MR) is 106 cm³/mol. The second-order valence-electron chi connectivity index (χ2n) is 7.06. The Bertz CT molecular complexity index is 824. The Morgan fingerprint density at radius 3 is 2.37 bits per heavy atom. The molecular weight excluding hydrogens is 336 g/mol. The van der Waals surface area contributed by atoms with Crippen LogP contribution in [0.15, 0.2) is 60.9 Å². The molecule has 3 aromatic rings. The topological polar surface area (TPSA) is 59.8 Å². The number of amides is 1. The lowest BCUT2D eigenvalue weighted by molar-refractivity contribution is 0.0928. The van der Waals surface area contributed by atoms with E-state index in [0.29, 0.717) is 5.69 Å². The van der Waals surface area contributed by atoms with Crippen LogP contribution in [-0.4, -0.2) is 26.7 Å². The first-order valence-corrected chi connectivity index (χ1v) is 9.68. The minimum atomic E-state index is -0.0908. The summed E-state index contributed by atoms with van der Waals surface area (Å²) in [5.74, 6) is -0.0908. The molecule has 1 N–H and O–H groups in total. The quantitative estimate of drug-likeness (QED) is 0.702. The van der Waals surface area contributed by atoms with E-state index < -0.39 is 0 Å². The minimum Gasteiger partial charge on any atom is -0.348 e. The van der Waals surface area contributed by atoms with Gasteiger partial charge in [-0.05, 0) is 43.2 Å².